The number of benzene rings is 1. The number of halogens is 3. The molecule has 0 unspecified atom stereocenters. The van der Waals surface area contributed by atoms with Gasteiger partial charge in [0.25, 0.3) is 5.91 Å². The van der Waals surface area contributed by atoms with E-state index in [9.17, 15) is 22.8 Å². The molecule has 0 aliphatic rings. The maximum absolute atomic E-state index is 12.7. The molecule has 36 heavy (non-hydrogen) atoms. The fourth-order valence-electron chi connectivity index (χ4n) is 3.01. The van der Waals surface area contributed by atoms with Crippen LogP contribution >= 0.6 is 0 Å². The Labute approximate surface area is 207 Å². The Morgan fingerprint density at radius 1 is 1.11 bits per heavy atom. The van der Waals surface area contributed by atoms with Crippen molar-refractivity contribution in [1.29, 1.82) is 0 Å². The van der Waals surface area contributed by atoms with E-state index in [4.69, 9.17) is 19.4 Å². The quantitative estimate of drug-likeness (QED) is 0.345. The molecule has 0 atom stereocenters. The Morgan fingerprint density at radius 2 is 1.69 bits per heavy atom. The summed E-state index contributed by atoms with van der Waals surface area (Å²) in [5.74, 6) is -2.29. The highest BCUT2D eigenvalue weighted by atomic mass is 19.4. The van der Waals surface area contributed by atoms with Crippen LogP contribution < -0.4 is 15.4 Å². The molecule has 12 heteroatoms. The van der Waals surface area contributed by atoms with Crippen molar-refractivity contribution in [3.05, 3.63) is 46.8 Å². The highest BCUT2D eigenvalue weighted by Crippen LogP contribution is 2.23. The molecule has 0 aliphatic carbocycles. The molecule has 0 radical (unpaired) electrons. The highest BCUT2D eigenvalue weighted by Gasteiger charge is 2.38. The van der Waals surface area contributed by atoms with Crippen molar-refractivity contribution in [3.8, 4) is 5.75 Å². The first-order valence-electron chi connectivity index (χ1n) is 11.2. The van der Waals surface area contributed by atoms with E-state index in [0.717, 1.165) is 11.4 Å². The molecule has 9 nitrogen and oxygen atoms in total. The number of alkyl halides is 3. The van der Waals surface area contributed by atoms with Gasteiger partial charge >= 0.3 is 18.1 Å². The summed E-state index contributed by atoms with van der Waals surface area (Å²) in [6.45, 7) is 8.94. The first-order valence-corrected chi connectivity index (χ1v) is 11.2. The van der Waals surface area contributed by atoms with Crippen molar-refractivity contribution in [2.45, 2.75) is 46.8 Å². The molecule has 1 aromatic carbocycles. The van der Waals surface area contributed by atoms with Gasteiger partial charge in [-0.25, -0.2) is 9.59 Å². The van der Waals surface area contributed by atoms with Crippen LogP contribution in [0.15, 0.2) is 24.3 Å². The van der Waals surface area contributed by atoms with Gasteiger partial charge in [0.15, 0.2) is 0 Å². The molecule has 0 spiro atoms. The molecule has 1 heterocycles. The molecule has 200 valence electrons. The Morgan fingerprint density at radius 3 is 2.14 bits per heavy atom. The number of esters is 1. The van der Waals surface area contributed by atoms with E-state index >= 15 is 0 Å². The molecule has 2 rings (SSSR count). The molecule has 0 aliphatic heterocycles. The Hall–Kier alpha value is -3.70. The summed E-state index contributed by atoms with van der Waals surface area (Å²) in [4.78, 5) is 37.4. The predicted octanol–water partition coefficient (Wildman–Crippen LogP) is 4.39. The van der Waals surface area contributed by atoms with Crippen molar-refractivity contribution < 1.29 is 42.1 Å². The number of carbonyl (C=O) groups excluding carboxylic acids is 2. The second-order valence-corrected chi connectivity index (χ2v) is 7.89. The van der Waals surface area contributed by atoms with E-state index < -0.39 is 18.1 Å². The van der Waals surface area contributed by atoms with Crippen LogP contribution in [0, 0.1) is 5.92 Å². The van der Waals surface area contributed by atoms with Gasteiger partial charge in [-0.2, -0.15) is 13.2 Å². The fourth-order valence-corrected chi connectivity index (χ4v) is 3.01. The summed E-state index contributed by atoms with van der Waals surface area (Å²) in [7, 11) is 1.62. The van der Waals surface area contributed by atoms with Crippen LogP contribution in [0.25, 0.3) is 0 Å². The first kappa shape index (κ1) is 30.3. The van der Waals surface area contributed by atoms with Crippen molar-refractivity contribution >= 4 is 23.5 Å². The summed E-state index contributed by atoms with van der Waals surface area (Å²) < 4.78 is 42.2. The zero-order valence-corrected chi connectivity index (χ0v) is 20.8. The van der Waals surface area contributed by atoms with E-state index in [1.165, 1.54) is 0 Å². The summed E-state index contributed by atoms with van der Waals surface area (Å²) in [6.07, 6.45) is -4.54. The van der Waals surface area contributed by atoms with Gasteiger partial charge in [-0.05, 0) is 49.1 Å². The topological polar surface area (TPSA) is 130 Å². The number of carbonyl (C=O) groups is 3. The minimum atomic E-state index is -5.08. The Balaban J connectivity index is 0.000000809. The molecule has 1 aromatic heterocycles. The van der Waals surface area contributed by atoms with E-state index in [1.54, 1.807) is 14.0 Å². The standard InChI is InChI=1S/C22H31N3O4.C2HF3O2/c1-6-17-19(22(27)29-7-2)18(25-20(17)21(26)24-12-14(3)4)13-23-15-8-10-16(28-5)11-9-15;3-2(4,5)1(6)7/h8-11,14,23,25H,6-7,12-13H2,1-5H3,(H,24,26);(H,6,7). The van der Waals surface area contributed by atoms with Gasteiger partial charge in [-0.15, -0.1) is 0 Å². The van der Waals surface area contributed by atoms with Crippen LogP contribution in [0.4, 0.5) is 18.9 Å². The molecule has 2 aromatic rings. The molecular weight excluding hydrogens is 483 g/mol. The number of aromatic amines is 1. The van der Waals surface area contributed by atoms with Gasteiger partial charge in [0.05, 0.1) is 25.8 Å². The van der Waals surface area contributed by atoms with E-state index in [1.807, 2.05) is 45.0 Å². The number of aliphatic carboxylic acids is 1. The van der Waals surface area contributed by atoms with Gasteiger partial charge in [-0.3, -0.25) is 4.79 Å². The summed E-state index contributed by atoms with van der Waals surface area (Å²) in [5.41, 5.74) is 3.04. The van der Waals surface area contributed by atoms with Gasteiger partial charge in [0.1, 0.15) is 11.4 Å². The minimum absolute atomic E-state index is 0.211. The lowest BCUT2D eigenvalue weighted by atomic mass is 10.1. The normalized spacial score (nSPS) is 10.8. The number of carboxylic acid groups (broad SMARTS) is 1. The van der Waals surface area contributed by atoms with Crippen molar-refractivity contribution in [2.24, 2.45) is 5.92 Å². The number of amides is 1. The number of carboxylic acids is 1. The number of hydrogen-bond donors (Lipinski definition) is 4. The van der Waals surface area contributed by atoms with Crippen molar-refractivity contribution in [1.82, 2.24) is 10.3 Å². The number of H-pyrrole nitrogens is 1. The summed E-state index contributed by atoms with van der Waals surface area (Å²) >= 11 is 0. The third-order valence-corrected chi connectivity index (χ3v) is 4.71. The third-order valence-electron chi connectivity index (χ3n) is 4.71. The predicted molar refractivity (Wildman–Crippen MR) is 127 cm³/mol. The monoisotopic (exact) mass is 515 g/mol. The van der Waals surface area contributed by atoms with Crippen LogP contribution in [0.1, 0.15) is 59.8 Å². The molecule has 0 saturated heterocycles. The number of anilines is 1. The maximum atomic E-state index is 12.7. The number of methoxy groups -OCH3 is 1. The second kappa shape index (κ2) is 14.0. The number of rotatable bonds is 10. The molecule has 0 bridgehead atoms. The van der Waals surface area contributed by atoms with Crippen molar-refractivity contribution in [2.75, 3.05) is 25.6 Å². The van der Waals surface area contributed by atoms with Crippen LogP contribution in [0.2, 0.25) is 0 Å². The average molecular weight is 516 g/mol. The van der Waals surface area contributed by atoms with Gasteiger partial charge in [-0.1, -0.05) is 20.8 Å². The third kappa shape index (κ3) is 9.16. The molecule has 4 N–H and O–H groups in total. The highest BCUT2D eigenvalue weighted by molar-refractivity contribution is 6.00. The lowest BCUT2D eigenvalue weighted by molar-refractivity contribution is -0.192. The van der Waals surface area contributed by atoms with Crippen LogP contribution in [-0.4, -0.2) is 54.4 Å². The smallest absolute Gasteiger partial charge is 0.490 e. The number of hydrogen-bond acceptors (Lipinski definition) is 6. The molecule has 1 amide bonds. The van der Waals surface area contributed by atoms with Crippen molar-refractivity contribution in [3.63, 3.8) is 0 Å². The molecular formula is C24H32F3N3O6. The lowest BCUT2D eigenvalue weighted by Gasteiger charge is -2.09. The average Bonchev–Trinajstić information content (AvgIpc) is 3.20. The Bertz CT molecular complexity index is 1020. The zero-order chi connectivity index (χ0) is 27.5. The van der Waals surface area contributed by atoms with E-state index in [0.29, 0.717) is 47.9 Å². The molecule has 0 saturated carbocycles. The van der Waals surface area contributed by atoms with Crippen LogP contribution in [-0.2, 0) is 22.5 Å². The van der Waals surface area contributed by atoms with E-state index in [-0.39, 0.29) is 12.5 Å². The van der Waals surface area contributed by atoms with Gasteiger partial charge in [0, 0.05) is 17.9 Å². The maximum Gasteiger partial charge on any atom is 0.490 e. The fraction of sp³-hybridized carbons (Fsp3) is 0.458. The van der Waals surface area contributed by atoms with Gasteiger partial charge < -0.3 is 30.2 Å². The number of nitrogens with one attached hydrogen (secondary N) is 3. The summed E-state index contributed by atoms with van der Waals surface area (Å²) in [5, 5.41) is 13.3. The largest absolute Gasteiger partial charge is 0.497 e. The SMILES string of the molecule is CCOC(=O)c1c(CNc2ccc(OC)cc2)[nH]c(C(=O)NCC(C)C)c1CC.O=C(O)C(F)(F)F. The molecule has 0 fully saturated rings. The minimum Gasteiger partial charge on any atom is -0.497 e. The van der Waals surface area contributed by atoms with Crippen LogP contribution in [0.3, 0.4) is 0 Å². The number of ether oxygens (including phenoxy) is 2. The van der Waals surface area contributed by atoms with Gasteiger partial charge in [0.2, 0.25) is 0 Å². The second-order valence-electron chi connectivity index (χ2n) is 7.89. The zero-order valence-electron chi connectivity index (χ0n) is 20.8. The number of aromatic nitrogens is 1. The first-order chi connectivity index (χ1) is 16.8. The van der Waals surface area contributed by atoms with Crippen LogP contribution in [0.5, 0.6) is 5.75 Å². The van der Waals surface area contributed by atoms with E-state index in [2.05, 4.69) is 15.6 Å². The summed E-state index contributed by atoms with van der Waals surface area (Å²) in [6, 6.07) is 7.49. The lowest BCUT2D eigenvalue weighted by Crippen LogP contribution is -2.28. The Kier molecular flexibility index (Phi) is 11.8.